The lowest BCUT2D eigenvalue weighted by Gasteiger charge is -2.08. The molecule has 2 amide bonds. The predicted octanol–water partition coefficient (Wildman–Crippen LogP) is 0.975. The average molecular weight is 412 g/mol. The van der Waals surface area contributed by atoms with Gasteiger partial charge in [-0.05, 0) is 37.1 Å². The summed E-state index contributed by atoms with van der Waals surface area (Å²) < 4.78 is 15.5. The summed E-state index contributed by atoms with van der Waals surface area (Å²) in [6.07, 6.45) is 2.54. The summed E-state index contributed by atoms with van der Waals surface area (Å²) in [5.74, 6) is -0.302. The highest BCUT2D eigenvalue weighted by atomic mass is 19.1. The lowest BCUT2D eigenvalue weighted by Crippen LogP contribution is -2.18. The van der Waals surface area contributed by atoms with Crippen LogP contribution in [0.3, 0.4) is 0 Å². The molecule has 0 radical (unpaired) electrons. The van der Waals surface area contributed by atoms with Crippen LogP contribution in [-0.2, 0) is 24.2 Å². The number of hydrogen-bond donors (Lipinski definition) is 2. The number of carbonyl (C=O) groups excluding carboxylic acids is 2. The van der Waals surface area contributed by atoms with E-state index in [4.69, 9.17) is 0 Å². The van der Waals surface area contributed by atoms with Crippen LogP contribution in [0.2, 0.25) is 0 Å². The number of nitrogens with zero attached hydrogens (tertiary/aromatic N) is 6. The maximum absolute atomic E-state index is 14.2. The van der Waals surface area contributed by atoms with E-state index in [-0.39, 0.29) is 36.9 Å². The molecule has 3 heterocycles. The molecule has 10 nitrogen and oxygen atoms in total. The maximum atomic E-state index is 14.2. The van der Waals surface area contributed by atoms with Gasteiger partial charge in [-0.3, -0.25) is 14.6 Å². The number of pyridine rings is 1. The van der Waals surface area contributed by atoms with Crippen LogP contribution < -0.4 is 10.6 Å². The van der Waals surface area contributed by atoms with E-state index < -0.39 is 6.17 Å². The Balaban J connectivity index is 1.44. The quantitative estimate of drug-likeness (QED) is 0.536. The third kappa shape index (κ3) is 6.12. The van der Waals surface area contributed by atoms with Gasteiger partial charge in [0.05, 0.1) is 24.9 Å². The van der Waals surface area contributed by atoms with Gasteiger partial charge in [-0.1, -0.05) is 11.3 Å². The second-order valence-electron chi connectivity index (χ2n) is 6.50. The van der Waals surface area contributed by atoms with Crippen molar-refractivity contribution in [3.8, 4) is 0 Å². The largest absolute Gasteiger partial charge is 0.354 e. The summed E-state index contributed by atoms with van der Waals surface area (Å²) >= 11 is 0. The first-order chi connectivity index (χ1) is 14.5. The molecule has 0 saturated carbocycles. The van der Waals surface area contributed by atoms with Crippen molar-refractivity contribution in [3.63, 3.8) is 0 Å². The van der Waals surface area contributed by atoms with Gasteiger partial charge >= 0.3 is 0 Å². The van der Waals surface area contributed by atoms with Crippen molar-refractivity contribution in [2.45, 2.75) is 32.0 Å². The van der Waals surface area contributed by atoms with Gasteiger partial charge in [0.25, 0.3) is 5.91 Å². The summed E-state index contributed by atoms with van der Waals surface area (Å²) in [5.41, 5.74) is 1.39. The molecule has 1 atom stereocenters. The van der Waals surface area contributed by atoms with Gasteiger partial charge in [-0.25, -0.2) is 9.07 Å². The van der Waals surface area contributed by atoms with Gasteiger partial charge in [0.1, 0.15) is 6.17 Å². The second-order valence-corrected chi connectivity index (χ2v) is 6.50. The smallest absolute Gasteiger partial charge is 0.273 e. The lowest BCUT2D eigenvalue weighted by molar-refractivity contribution is -0.115. The molecule has 156 valence electrons. The minimum absolute atomic E-state index is 0.0148. The molecule has 0 fully saturated rings. The van der Waals surface area contributed by atoms with Crippen LogP contribution in [0.1, 0.15) is 28.3 Å². The molecule has 0 aliphatic carbocycles. The third-order valence-corrected chi connectivity index (χ3v) is 4.15. The Morgan fingerprint density at radius 3 is 2.70 bits per heavy atom. The van der Waals surface area contributed by atoms with Crippen LogP contribution in [0.4, 0.5) is 10.2 Å². The fraction of sp³-hybridized carbons (Fsp3) is 0.316. The van der Waals surface area contributed by atoms with E-state index in [2.05, 4.69) is 36.1 Å². The summed E-state index contributed by atoms with van der Waals surface area (Å²) in [7, 11) is 1.48. The molecule has 3 aromatic rings. The van der Waals surface area contributed by atoms with Crippen molar-refractivity contribution < 1.29 is 14.0 Å². The second kappa shape index (κ2) is 10.1. The van der Waals surface area contributed by atoms with E-state index in [1.54, 1.807) is 30.5 Å². The minimum Gasteiger partial charge on any atom is -0.354 e. The number of alkyl halides is 1. The molecule has 0 aromatic carbocycles. The zero-order valence-electron chi connectivity index (χ0n) is 16.3. The van der Waals surface area contributed by atoms with Crippen molar-refractivity contribution in [2.24, 2.45) is 0 Å². The summed E-state index contributed by atoms with van der Waals surface area (Å²) in [5, 5.41) is 20.5. The zero-order valence-corrected chi connectivity index (χ0v) is 16.3. The molecule has 2 N–H and O–H groups in total. The Morgan fingerprint density at radius 1 is 1.13 bits per heavy atom. The highest BCUT2D eigenvalue weighted by Crippen LogP contribution is 2.10. The SMILES string of the molecule is CNC(=O)c1cn(C[C@@H](F)CCc2ccc(NC(=O)Cc3ccccn3)nn2)nn1. The van der Waals surface area contributed by atoms with Crippen LogP contribution >= 0.6 is 0 Å². The first kappa shape index (κ1) is 21.0. The highest BCUT2D eigenvalue weighted by molar-refractivity contribution is 5.91. The average Bonchev–Trinajstić information content (AvgIpc) is 3.21. The van der Waals surface area contributed by atoms with E-state index in [9.17, 15) is 14.0 Å². The van der Waals surface area contributed by atoms with Crippen molar-refractivity contribution in [2.75, 3.05) is 12.4 Å². The molecule has 11 heteroatoms. The zero-order chi connectivity index (χ0) is 21.3. The standard InChI is InChI=1S/C19H21FN8O2/c1-21-19(30)16-12-28(27-25-16)11-13(20)5-6-14-7-8-17(26-24-14)23-18(29)10-15-4-2-3-9-22-15/h2-4,7-9,12-13H,5-6,10-11H2,1H3,(H,21,30)(H,23,26,29)/t13-/m0/s1. The van der Waals surface area contributed by atoms with E-state index in [1.165, 1.54) is 17.9 Å². The van der Waals surface area contributed by atoms with Crippen LogP contribution in [0.5, 0.6) is 0 Å². The molecule has 0 unspecified atom stereocenters. The summed E-state index contributed by atoms with van der Waals surface area (Å²) in [4.78, 5) is 27.6. The number of rotatable bonds is 9. The van der Waals surface area contributed by atoms with Crippen molar-refractivity contribution in [3.05, 3.63) is 59.8 Å². The van der Waals surface area contributed by atoms with Crippen molar-refractivity contribution in [1.29, 1.82) is 0 Å². The molecular weight excluding hydrogens is 391 g/mol. The number of anilines is 1. The summed E-state index contributed by atoms with van der Waals surface area (Å²) in [6, 6.07) is 8.67. The third-order valence-electron chi connectivity index (χ3n) is 4.15. The molecule has 0 aliphatic heterocycles. The number of amides is 2. The maximum Gasteiger partial charge on any atom is 0.273 e. The number of carbonyl (C=O) groups is 2. The van der Waals surface area contributed by atoms with Crippen molar-refractivity contribution in [1.82, 2.24) is 35.5 Å². The highest BCUT2D eigenvalue weighted by Gasteiger charge is 2.13. The number of hydrogen-bond acceptors (Lipinski definition) is 7. The fourth-order valence-electron chi connectivity index (χ4n) is 2.63. The van der Waals surface area contributed by atoms with Crippen LogP contribution in [0.25, 0.3) is 0 Å². The van der Waals surface area contributed by atoms with Gasteiger partial charge in [-0.15, -0.1) is 10.2 Å². The number of aromatic nitrogens is 6. The molecule has 0 saturated heterocycles. The first-order valence-corrected chi connectivity index (χ1v) is 9.32. The minimum atomic E-state index is -1.19. The Labute approximate surface area is 171 Å². The summed E-state index contributed by atoms with van der Waals surface area (Å²) in [6.45, 7) is -0.0148. The molecule has 3 aromatic heterocycles. The van der Waals surface area contributed by atoms with E-state index in [0.29, 0.717) is 23.6 Å². The number of aryl methyl sites for hydroxylation is 1. The van der Waals surface area contributed by atoms with Gasteiger partial charge in [-0.2, -0.15) is 5.10 Å². The lowest BCUT2D eigenvalue weighted by atomic mass is 10.1. The van der Waals surface area contributed by atoms with E-state index in [0.717, 1.165) is 0 Å². The molecule has 30 heavy (non-hydrogen) atoms. The van der Waals surface area contributed by atoms with Gasteiger partial charge < -0.3 is 10.6 Å². The Kier molecular flexibility index (Phi) is 7.09. The fourth-order valence-corrected chi connectivity index (χ4v) is 2.63. The topological polar surface area (TPSA) is 128 Å². The molecule has 3 rings (SSSR count). The van der Waals surface area contributed by atoms with Crippen LogP contribution in [0.15, 0.2) is 42.7 Å². The van der Waals surface area contributed by atoms with Gasteiger partial charge in [0.2, 0.25) is 5.91 Å². The number of halogens is 1. The van der Waals surface area contributed by atoms with Gasteiger partial charge in [0, 0.05) is 18.9 Å². The Hall–Kier alpha value is -3.76. The van der Waals surface area contributed by atoms with Crippen LogP contribution in [-0.4, -0.2) is 55.2 Å². The van der Waals surface area contributed by atoms with Gasteiger partial charge in [0.15, 0.2) is 11.5 Å². The normalized spacial score (nSPS) is 11.7. The molecule has 0 spiro atoms. The van der Waals surface area contributed by atoms with Crippen molar-refractivity contribution >= 4 is 17.6 Å². The first-order valence-electron chi connectivity index (χ1n) is 9.32. The Bertz CT molecular complexity index is 978. The monoisotopic (exact) mass is 412 g/mol. The molecule has 0 bridgehead atoms. The van der Waals surface area contributed by atoms with Crippen LogP contribution in [0, 0.1) is 0 Å². The predicted molar refractivity (Wildman–Crippen MR) is 105 cm³/mol. The Morgan fingerprint density at radius 2 is 2.00 bits per heavy atom. The number of nitrogens with one attached hydrogen (secondary N) is 2. The molecular formula is C19H21FN8O2. The van der Waals surface area contributed by atoms with E-state index in [1.807, 2.05) is 6.07 Å². The molecule has 0 aliphatic rings. The van der Waals surface area contributed by atoms with E-state index >= 15 is 0 Å².